The summed E-state index contributed by atoms with van der Waals surface area (Å²) in [6.07, 6.45) is 1.49. The van der Waals surface area contributed by atoms with Crippen LogP contribution in [0.25, 0.3) is 10.6 Å². The largest absolute Gasteiger partial charge is 0.347 e. The molecule has 1 aromatic heterocycles. The molecule has 1 amide bonds. The molecule has 3 rings (SSSR count). The Morgan fingerprint density at radius 1 is 1.12 bits per heavy atom. The Bertz CT molecular complexity index is 890. The lowest BCUT2D eigenvalue weighted by atomic mass is 10.1. The summed E-state index contributed by atoms with van der Waals surface area (Å²) in [5.41, 5.74) is 2.66. The molecule has 0 aliphatic rings. The van der Waals surface area contributed by atoms with Gasteiger partial charge in [0, 0.05) is 18.7 Å². The molecule has 1 heterocycles. The number of nitrogens with zero attached hydrogens (tertiary/aromatic N) is 2. The molecular formula is C20H20FN3OS. The summed E-state index contributed by atoms with van der Waals surface area (Å²) in [4.78, 5) is 19.1. The number of hydrogen-bond acceptors (Lipinski definition) is 4. The molecule has 26 heavy (non-hydrogen) atoms. The highest BCUT2D eigenvalue weighted by Gasteiger charge is 2.13. The van der Waals surface area contributed by atoms with Crippen molar-refractivity contribution in [3.8, 4) is 10.6 Å². The van der Waals surface area contributed by atoms with Gasteiger partial charge < -0.3 is 10.2 Å². The summed E-state index contributed by atoms with van der Waals surface area (Å²) >= 11 is 1.18. The number of thiazole rings is 1. The highest BCUT2D eigenvalue weighted by molar-refractivity contribution is 7.16. The monoisotopic (exact) mass is 369 g/mol. The second-order valence-electron chi connectivity index (χ2n) is 6.25. The van der Waals surface area contributed by atoms with Gasteiger partial charge in [-0.2, -0.15) is 0 Å². The van der Waals surface area contributed by atoms with Crippen LogP contribution in [0.15, 0.2) is 54.7 Å². The average molecular weight is 369 g/mol. The third-order valence-electron chi connectivity index (χ3n) is 3.81. The first-order valence-electron chi connectivity index (χ1n) is 8.24. The van der Waals surface area contributed by atoms with Gasteiger partial charge in [0.1, 0.15) is 15.7 Å². The number of halogens is 1. The van der Waals surface area contributed by atoms with E-state index in [0.29, 0.717) is 22.0 Å². The predicted octanol–water partition coefficient (Wildman–Crippen LogP) is 3.94. The van der Waals surface area contributed by atoms with E-state index in [9.17, 15) is 9.18 Å². The van der Waals surface area contributed by atoms with Crippen molar-refractivity contribution >= 4 is 17.2 Å². The summed E-state index contributed by atoms with van der Waals surface area (Å²) in [7, 11) is 4.05. The molecule has 0 radical (unpaired) electrons. The van der Waals surface area contributed by atoms with Gasteiger partial charge in [0.25, 0.3) is 5.91 Å². The fourth-order valence-electron chi connectivity index (χ4n) is 2.54. The Morgan fingerprint density at radius 2 is 1.81 bits per heavy atom. The molecule has 0 unspecified atom stereocenters. The normalized spacial score (nSPS) is 10.9. The molecule has 2 aromatic carbocycles. The summed E-state index contributed by atoms with van der Waals surface area (Å²) < 4.78 is 13.8. The minimum atomic E-state index is -0.341. The van der Waals surface area contributed by atoms with E-state index in [-0.39, 0.29) is 11.7 Å². The molecule has 0 saturated heterocycles. The molecule has 0 atom stereocenters. The van der Waals surface area contributed by atoms with Gasteiger partial charge in [-0.05, 0) is 37.4 Å². The number of carbonyl (C=O) groups excluding carboxylic acids is 1. The van der Waals surface area contributed by atoms with Crippen LogP contribution in [0.3, 0.4) is 0 Å². The lowest BCUT2D eigenvalue weighted by molar-refractivity contribution is 0.0955. The van der Waals surface area contributed by atoms with Crippen LogP contribution >= 0.6 is 11.3 Å². The standard InChI is InChI=1S/C20H20FN3OS/c1-24(2)13-15-9-7-14(8-10-15)11-22-19(25)18-12-23-20(26-18)16-5-3-4-6-17(16)21/h3-10,12H,11,13H2,1-2H3,(H,22,25). The van der Waals surface area contributed by atoms with Crippen LogP contribution < -0.4 is 5.32 Å². The first-order chi connectivity index (χ1) is 12.5. The van der Waals surface area contributed by atoms with Crippen LogP contribution in [0.5, 0.6) is 0 Å². The first kappa shape index (κ1) is 18.2. The molecule has 0 fully saturated rings. The zero-order valence-corrected chi connectivity index (χ0v) is 15.5. The molecule has 0 aliphatic heterocycles. The van der Waals surface area contributed by atoms with Gasteiger partial charge in [-0.25, -0.2) is 9.37 Å². The molecule has 4 nitrogen and oxygen atoms in total. The molecule has 0 spiro atoms. The van der Waals surface area contributed by atoms with Crippen molar-refractivity contribution in [2.75, 3.05) is 14.1 Å². The number of nitrogens with one attached hydrogen (secondary N) is 1. The van der Waals surface area contributed by atoms with Crippen molar-refractivity contribution in [1.29, 1.82) is 0 Å². The summed E-state index contributed by atoms with van der Waals surface area (Å²) in [5.74, 6) is -0.547. The third kappa shape index (κ3) is 4.53. The predicted molar refractivity (Wildman–Crippen MR) is 103 cm³/mol. The van der Waals surface area contributed by atoms with E-state index in [1.165, 1.54) is 29.2 Å². The maximum Gasteiger partial charge on any atom is 0.263 e. The highest BCUT2D eigenvalue weighted by atomic mass is 32.1. The number of amides is 1. The fraction of sp³-hybridized carbons (Fsp3) is 0.200. The van der Waals surface area contributed by atoms with Crippen molar-refractivity contribution < 1.29 is 9.18 Å². The lowest BCUT2D eigenvalue weighted by Crippen LogP contribution is -2.21. The zero-order valence-electron chi connectivity index (χ0n) is 14.7. The van der Waals surface area contributed by atoms with Crippen LogP contribution in [0.4, 0.5) is 4.39 Å². The van der Waals surface area contributed by atoms with Crippen LogP contribution in [0.2, 0.25) is 0 Å². The quantitative estimate of drug-likeness (QED) is 0.716. The summed E-state index contributed by atoms with van der Waals surface area (Å²) in [6.45, 7) is 1.32. The smallest absolute Gasteiger partial charge is 0.263 e. The molecular weight excluding hydrogens is 349 g/mol. The van der Waals surface area contributed by atoms with Crippen molar-refractivity contribution in [2.24, 2.45) is 0 Å². The Labute approximate surface area is 156 Å². The Morgan fingerprint density at radius 3 is 2.50 bits per heavy atom. The maximum atomic E-state index is 13.8. The molecule has 1 N–H and O–H groups in total. The number of hydrogen-bond donors (Lipinski definition) is 1. The average Bonchev–Trinajstić information content (AvgIpc) is 3.11. The highest BCUT2D eigenvalue weighted by Crippen LogP contribution is 2.27. The molecule has 3 aromatic rings. The number of rotatable bonds is 6. The number of carbonyl (C=O) groups is 1. The van der Waals surface area contributed by atoms with Crippen molar-refractivity contribution in [3.63, 3.8) is 0 Å². The van der Waals surface area contributed by atoms with Gasteiger partial charge in [0.2, 0.25) is 0 Å². The van der Waals surface area contributed by atoms with Gasteiger partial charge in [0.05, 0.1) is 6.20 Å². The van der Waals surface area contributed by atoms with Crippen LogP contribution in [-0.4, -0.2) is 29.9 Å². The van der Waals surface area contributed by atoms with E-state index in [4.69, 9.17) is 0 Å². The second-order valence-corrected chi connectivity index (χ2v) is 7.28. The Hall–Kier alpha value is -2.57. The van der Waals surface area contributed by atoms with E-state index >= 15 is 0 Å². The minimum Gasteiger partial charge on any atom is -0.347 e. The van der Waals surface area contributed by atoms with Gasteiger partial charge >= 0.3 is 0 Å². The van der Waals surface area contributed by atoms with E-state index in [0.717, 1.165) is 12.1 Å². The topological polar surface area (TPSA) is 45.2 Å². The van der Waals surface area contributed by atoms with E-state index < -0.39 is 0 Å². The SMILES string of the molecule is CN(C)Cc1ccc(CNC(=O)c2cnc(-c3ccccc3F)s2)cc1. The van der Waals surface area contributed by atoms with Crippen molar-refractivity contribution in [3.05, 3.63) is 76.5 Å². The zero-order chi connectivity index (χ0) is 18.5. The molecule has 0 aliphatic carbocycles. The molecule has 0 bridgehead atoms. The van der Waals surface area contributed by atoms with Crippen molar-refractivity contribution in [1.82, 2.24) is 15.2 Å². The van der Waals surface area contributed by atoms with Gasteiger partial charge in [0.15, 0.2) is 0 Å². The number of aromatic nitrogens is 1. The van der Waals surface area contributed by atoms with Crippen LogP contribution in [0, 0.1) is 5.82 Å². The number of benzene rings is 2. The van der Waals surface area contributed by atoms with Gasteiger partial charge in [-0.3, -0.25) is 4.79 Å². The Kier molecular flexibility index (Phi) is 5.75. The van der Waals surface area contributed by atoms with E-state index in [1.807, 2.05) is 26.2 Å². The summed E-state index contributed by atoms with van der Waals surface area (Å²) in [5, 5.41) is 3.38. The van der Waals surface area contributed by atoms with E-state index in [1.54, 1.807) is 18.2 Å². The van der Waals surface area contributed by atoms with Gasteiger partial charge in [-0.1, -0.05) is 36.4 Å². The first-order valence-corrected chi connectivity index (χ1v) is 9.06. The minimum absolute atomic E-state index is 0.206. The molecule has 6 heteroatoms. The third-order valence-corrected chi connectivity index (χ3v) is 4.84. The Balaban J connectivity index is 1.61. The fourth-order valence-corrected chi connectivity index (χ4v) is 3.39. The maximum absolute atomic E-state index is 13.8. The lowest BCUT2D eigenvalue weighted by Gasteiger charge is -2.10. The van der Waals surface area contributed by atoms with E-state index in [2.05, 4.69) is 27.3 Å². The molecule has 134 valence electrons. The second kappa shape index (κ2) is 8.21. The molecule has 0 saturated carbocycles. The van der Waals surface area contributed by atoms with Gasteiger partial charge in [-0.15, -0.1) is 11.3 Å². The van der Waals surface area contributed by atoms with Crippen LogP contribution in [0.1, 0.15) is 20.8 Å². The van der Waals surface area contributed by atoms with Crippen molar-refractivity contribution in [2.45, 2.75) is 13.1 Å². The summed E-state index contributed by atoms with van der Waals surface area (Å²) in [6, 6.07) is 14.6. The van der Waals surface area contributed by atoms with Crippen LogP contribution in [-0.2, 0) is 13.1 Å².